The largest absolute Gasteiger partial charge is 0.505 e. The summed E-state index contributed by atoms with van der Waals surface area (Å²) in [6.45, 7) is 4.07. The fraction of sp³-hybridized carbons (Fsp3) is 0.0667. The summed E-state index contributed by atoms with van der Waals surface area (Å²) in [6.07, 6.45) is 1.58. The van der Waals surface area contributed by atoms with Gasteiger partial charge in [-0.25, -0.2) is 4.79 Å². The van der Waals surface area contributed by atoms with E-state index >= 15 is 0 Å². The van der Waals surface area contributed by atoms with Crippen LogP contribution in [0.4, 0.5) is 17.1 Å². The van der Waals surface area contributed by atoms with E-state index in [0.717, 1.165) is 11.1 Å². The Kier molecular flexibility index (Phi) is 5.78. The molecule has 4 aromatic rings. The first kappa shape index (κ1) is 22.9. The molecule has 6 nitrogen and oxygen atoms in total. The number of carbonyl (C=O) groups is 2. The van der Waals surface area contributed by atoms with Gasteiger partial charge in [-0.15, -0.1) is 0 Å². The number of rotatable bonds is 5. The first-order valence-corrected chi connectivity index (χ1v) is 11.5. The van der Waals surface area contributed by atoms with Crippen LogP contribution < -0.4 is 10.2 Å². The molecule has 0 aromatic heterocycles. The number of fused-ring (bicyclic) bond motifs is 1. The molecule has 0 radical (unpaired) electrons. The van der Waals surface area contributed by atoms with E-state index in [2.05, 4.69) is 5.32 Å². The maximum absolute atomic E-state index is 13.5. The van der Waals surface area contributed by atoms with Crippen LogP contribution in [0.2, 0.25) is 0 Å². The second kappa shape index (κ2) is 9.07. The van der Waals surface area contributed by atoms with E-state index in [4.69, 9.17) is 0 Å². The highest BCUT2D eigenvalue weighted by atomic mass is 16.4. The summed E-state index contributed by atoms with van der Waals surface area (Å²) >= 11 is 0. The van der Waals surface area contributed by atoms with Crippen LogP contribution in [-0.4, -0.2) is 22.1 Å². The van der Waals surface area contributed by atoms with E-state index in [1.807, 2.05) is 68.4 Å². The Morgan fingerprint density at radius 3 is 2.39 bits per heavy atom. The van der Waals surface area contributed by atoms with Gasteiger partial charge in [0.05, 0.1) is 28.2 Å². The molecule has 0 saturated carbocycles. The average molecular weight is 477 g/mol. The minimum atomic E-state index is -1.06. The fourth-order valence-corrected chi connectivity index (χ4v) is 4.37. The molecule has 4 aromatic carbocycles. The first-order valence-electron chi connectivity index (χ1n) is 11.5. The smallest absolute Gasteiger partial charge is 0.335 e. The van der Waals surface area contributed by atoms with Gasteiger partial charge in [0.1, 0.15) is 5.75 Å². The lowest BCUT2D eigenvalue weighted by molar-refractivity contribution is -0.112. The highest BCUT2D eigenvalue weighted by Crippen LogP contribution is 2.42. The number of carbonyl (C=O) groups excluding carboxylic acids is 1. The lowest BCUT2D eigenvalue weighted by atomic mass is 9.99. The Labute approximate surface area is 208 Å². The van der Waals surface area contributed by atoms with Gasteiger partial charge in [-0.2, -0.15) is 0 Å². The zero-order valence-electron chi connectivity index (χ0n) is 19.8. The van der Waals surface area contributed by atoms with Gasteiger partial charge in [0.25, 0.3) is 5.91 Å². The summed E-state index contributed by atoms with van der Waals surface area (Å²) in [5, 5.41) is 23.5. The maximum atomic E-state index is 13.5. The number of aryl methyl sites for hydroxylation is 2. The van der Waals surface area contributed by atoms with Crippen LogP contribution in [0.15, 0.2) is 91.1 Å². The molecule has 0 saturated heterocycles. The average Bonchev–Trinajstić information content (AvgIpc) is 3.16. The number of phenols is 1. The Hall–Kier alpha value is -4.84. The molecule has 0 bridgehead atoms. The molecule has 178 valence electrons. The van der Waals surface area contributed by atoms with E-state index in [-0.39, 0.29) is 17.2 Å². The Morgan fingerprint density at radius 1 is 0.861 bits per heavy atom. The third-order valence-electron chi connectivity index (χ3n) is 6.45. The van der Waals surface area contributed by atoms with Crippen molar-refractivity contribution in [3.63, 3.8) is 0 Å². The van der Waals surface area contributed by atoms with Crippen molar-refractivity contribution in [3.8, 4) is 16.9 Å². The van der Waals surface area contributed by atoms with Crippen LogP contribution in [-0.2, 0) is 4.79 Å². The summed E-state index contributed by atoms with van der Waals surface area (Å²) in [4.78, 5) is 26.5. The molecule has 1 aliphatic rings. The number of hydrogen-bond acceptors (Lipinski definition) is 4. The summed E-state index contributed by atoms with van der Waals surface area (Å²) in [7, 11) is 0. The van der Waals surface area contributed by atoms with E-state index < -0.39 is 5.97 Å². The molecule has 36 heavy (non-hydrogen) atoms. The number of para-hydroxylation sites is 2. The number of aromatic carboxylic acids is 1. The van der Waals surface area contributed by atoms with Gasteiger partial charge in [-0.1, -0.05) is 54.6 Å². The van der Waals surface area contributed by atoms with Crippen molar-refractivity contribution >= 4 is 34.5 Å². The van der Waals surface area contributed by atoms with Crippen molar-refractivity contribution in [1.29, 1.82) is 0 Å². The van der Waals surface area contributed by atoms with Crippen molar-refractivity contribution in [2.45, 2.75) is 13.8 Å². The number of hydrogen-bond donors (Lipinski definition) is 3. The number of carboxylic acids is 1. The van der Waals surface area contributed by atoms with Gasteiger partial charge >= 0.3 is 5.97 Å². The summed E-state index contributed by atoms with van der Waals surface area (Å²) in [6, 6.07) is 25.1. The SMILES string of the molecule is Cc1ccc(-c2cccc(NC=C3C(=O)N(c4cccc(C(=O)O)c4)c4ccccc43)c2O)cc1C. The number of nitrogens with one attached hydrogen (secondary N) is 1. The van der Waals surface area contributed by atoms with Crippen LogP contribution in [0.25, 0.3) is 16.7 Å². The van der Waals surface area contributed by atoms with Gasteiger partial charge in [-0.05, 0) is 60.9 Å². The monoisotopic (exact) mass is 476 g/mol. The number of aromatic hydroxyl groups is 1. The molecule has 0 aliphatic carbocycles. The molecule has 0 spiro atoms. The molecule has 0 fully saturated rings. The molecule has 1 aliphatic heterocycles. The van der Waals surface area contributed by atoms with Crippen molar-refractivity contribution < 1.29 is 19.8 Å². The quantitative estimate of drug-likeness (QED) is 0.226. The molecule has 1 amide bonds. The van der Waals surface area contributed by atoms with E-state index in [1.54, 1.807) is 24.4 Å². The van der Waals surface area contributed by atoms with E-state index in [0.29, 0.717) is 33.8 Å². The normalized spacial score (nSPS) is 13.7. The van der Waals surface area contributed by atoms with E-state index in [9.17, 15) is 19.8 Å². The fourth-order valence-electron chi connectivity index (χ4n) is 4.37. The molecule has 0 unspecified atom stereocenters. The zero-order valence-corrected chi connectivity index (χ0v) is 19.8. The van der Waals surface area contributed by atoms with E-state index in [1.165, 1.54) is 22.6 Å². The van der Waals surface area contributed by atoms with Crippen LogP contribution in [0.5, 0.6) is 5.75 Å². The van der Waals surface area contributed by atoms with Crippen molar-refractivity contribution in [3.05, 3.63) is 113 Å². The lowest BCUT2D eigenvalue weighted by Crippen LogP contribution is -2.21. The number of anilines is 3. The molecular formula is C30H24N2O4. The molecule has 3 N–H and O–H groups in total. The number of nitrogens with zero attached hydrogens (tertiary/aromatic N) is 1. The molecule has 6 heteroatoms. The molecule has 1 heterocycles. The number of amides is 1. The number of benzene rings is 4. The third-order valence-corrected chi connectivity index (χ3v) is 6.45. The maximum Gasteiger partial charge on any atom is 0.335 e. The van der Waals surface area contributed by atoms with Gasteiger partial charge in [0.15, 0.2) is 0 Å². The number of carboxylic acid groups (broad SMARTS) is 1. The second-order valence-electron chi connectivity index (χ2n) is 8.72. The van der Waals surface area contributed by atoms with Crippen LogP contribution in [0, 0.1) is 13.8 Å². The second-order valence-corrected chi connectivity index (χ2v) is 8.72. The van der Waals surface area contributed by atoms with Gasteiger partial charge < -0.3 is 15.5 Å². The third kappa shape index (κ3) is 3.99. The predicted octanol–water partition coefficient (Wildman–Crippen LogP) is 6.51. The molecular weight excluding hydrogens is 452 g/mol. The highest BCUT2D eigenvalue weighted by molar-refractivity contribution is 6.35. The molecule has 0 atom stereocenters. The van der Waals surface area contributed by atoms with Crippen LogP contribution in [0.3, 0.4) is 0 Å². The standard InChI is InChI=1S/C30H24N2O4/c1-18-13-14-20(15-19(18)2)23-10-6-11-26(28(23)33)31-17-25-24-9-3-4-12-27(24)32(29(25)34)22-8-5-7-21(16-22)30(35)36/h3-17,31,33H,1-2H3,(H,35,36). The minimum absolute atomic E-state index is 0.0855. The van der Waals surface area contributed by atoms with Gasteiger partial charge in [0, 0.05) is 17.3 Å². The highest BCUT2D eigenvalue weighted by Gasteiger charge is 2.33. The summed E-state index contributed by atoms with van der Waals surface area (Å²) in [5.41, 5.74) is 6.70. The minimum Gasteiger partial charge on any atom is -0.505 e. The van der Waals surface area contributed by atoms with Gasteiger partial charge in [0.2, 0.25) is 0 Å². The van der Waals surface area contributed by atoms with Crippen molar-refractivity contribution in [2.24, 2.45) is 0 Å². The van der Waals surface area contributed by atoms with Crippen LogP contribution >= 0.6 is 0 Å². The van der Waals surface area contributed by atoms with Crippen molar-refractivity contribution in [1.82, 2.24) is 0 Å². The van der Waals surface area contributed by atoms with Crippen molar-refractivity contribution in [2.75, 3.05) is 10.2 Å². The summed E-state index contributed by atoms with van der Waals surface area (Å²) < 4.78 is 0. The first-order chi connectivity index (χ1) is 17.3. The summed E-state index contributed by atoms with van der Waals surface area (Å²) in [5.74, 6) is -1.27. The topological polar surface area (TPSA) is 89.9 Å². The predicted molar refractivity (Wildman–Crippen MR) is 142 cm³/mol. The van der Waals surface area contributed by atoms with Gasteiger partial charge in [-0.3, -0.25) is 9.69 Å². The Bertz CT molecular complexity index is 1550. The van der Waals surface area contributed by atoms with Crippen LogP contribution in [0.1, 0.15) is 27.0 Å². The Morgan fingerprint density at radius 2 is 1.61 bits per heavy atom. The lowest BCUT2D eigenvalue weighted by Gasteiger charge is -2.17. The number of phenolic OH excluding ortho intramolecular Hbond substituents is 1. The molecule has 5 rings (SSSR count). The Balaban J connectivity index is 1.51. The zero-order chi connectivity index (χ0) is 25.4.